The summed E-state index contributed by atoms with van der Waals surface area (Å²) in [6, 6.07) is 0. The number of anilines is 1. The molecule has 0 spiro atoms. The molecular weight excluding hydrogens is 338 g/mol. The van der Waals surface area contributed by atoms with Crippen molar-refractivity contribution in [3.8, 4) is 0 Å². The van der Waals surface area contributed by atoms with Gasteiger partial charge in [-0.2, -0.15) is 0 Å². The van der Waals surface area contributed by atoms with Crippen molar-refractivity contribution >= 4 is 40.5 Å². The molecule has 0 aromatic carbocycles. The van der Waals surface area contributed by atoms with Crippen LogP contribution in [0.3, 0.4) is 0 Å². The zero-order valence-electron chi connectivity index (χ0n) is 13.6. The van der Waals surface area contributed by atoms with E-state index in [1.807, 2.05) is 0 Å². The molecule has 24 heavy (non-hydrogen) atoms. The van der Waals surface area contributed by atoms with Gasteiger partial charge >= 0.3 is 11.9 Å². The predicted molar refractivity (Wildman–Crippen MR) is 87.0 cm³/mol. The molecule has 1 aromatic rings. The first-order chi connectivity index (χ1) is 11.2. The average Bonchev–Trinajstić information content (AvgIpc) is 2.89. The first-order valence-electron chi connectivity index (χ1n) is 7.04. The molecule has 1 rings (SSSR count). The number of hydrogen-bond donors (Lipinski definition) is 2. The minimum absolute atomic E-state index is 0.0552. The number of hydrogen-bond acceptors (Lipinski definition) is 8. The lowest BCUT2D eigenvalue weighted by Crippen LogP contribution is -2.23. The van der Waals surface area contributed by atoms with E-state index in [9.17, 15) is 14.4 Å². The van der Waals surface area contributed by atoms with Crippen molar-refractivity contribution in [1.29, 1.82) is 0 Å². The fourth-order valence-electron chi connectivity index (χ4n) is 1.48. The van der Waals surface area contributed by atoms with Gasteiger partial charge in [0.2, 0.25) is 12.1 Å². The minimum atomic E-state index is -1.31. The molecule has 0 saturated heterocycles. The summed E-state index contributed by atoms with van der Waals surface area (Å²) < 4.78 is 5.13. The molecule has 0 bridgehead atoms. The molecule has 132 valence electrons. The first kappa shape index (κ1) is 19.6. The zero-order chi connectivity index (χ0) is 18.2. The van der Waals surface area contributed by atoms with Gasteiger partial charge in [0, 0.05) is 11.8 Å². The number of esters is 1. The number of nitrogens with zero attached hydrogens (tertiary/aromatic N) is 2. The number of carboxylic acids is 1. The molecule has 0 radical (unpaired) electrons. The summed E-state index contributed by atoms with van der Waals surface area (Å²) in [6.07, 6.45) is 0.910. The molecule has 0 saturated carbocycles. The van der Waals surface area contributed by atoms with Crippen molar-refractivity contribution in [3.63, 3.8) is 0 Å². The van der Waals surface area contributed by atoms with Crippen LogP contribution in [-0.2, 0) is 24.0 Å². The Kier molecular flexibility index (Phi) is 7.31. The largest absolute Gasteiger partial charge is 0.476 e. The number of ether oxygens (including phenoxy) is 1. The summed E-state index contributed by atoms with van der Waals surface area (Å²) in [5.74, 6) is -1.68. The number of amides is 1. The van der Waals surface area contributed by atoms with Crippen molar-refractivity contribution in [3.05, 3.63) is 11.1 Å². The van der Waals surface area contributed by atoms with Crippen LogP contribution in [0.5, 0.6) is 0 Å². The molecular formula is C14H19N3O6S. The van der Waals surface area contributed by atoms with Crippen LogP contribution in [0.1, 0.15) is 39.3 Å². The maximum Gasteiger partial charge on any atom is 0.360 e. The molecule has 0 aliphatic rings. The molecule has 0 aliphatic carbocycles. The summed E-state index contributed by atoms with van der Waals surface area (Å²) in [7, 11) is 0. The highest BCUT2D eigenvalue weighted by Gasteiger charge is 2.18. The van der Waals surface area contributed by atoms with Crippen LogP contribution in [0.15, 0.2) is 10.5 Å². The van der Waals surface area contributed by atoms with Crippen LogP contribution in [0.2, 0.25) is 0 Å². The third kappa shape index (κ3) is 7.18. The van der Waals surface area contributed by atoms with Gasteiger partial charge in [0.25, 0.3) is 0 Å². The van der Waals surface area contributed by atoms with Crippen LogP contribution in [0.4, 0.5) is 5.13 Å². The minimum Gasteiger partial charge on any atom is -0.476 e. The van der Waals surface area contributed by atoms with Crippen LogP contribution in [0.25, 0.3) is 0 Å². The predicted octanol–water partition coefficient (Wildman–Crippen LogP) is 1.64. The van der Waals surface area contributed by atoms with Gasteiger partial charge in [-0.25, -0.2) is 9.78 Å². The molecule has 10 heteroatoms. The SMILES string of the molecule is CC(C)(C)OC(=O)CCCO/N=C(/C(=O)O)c1csc(NC=O)n1. The number of oxime groups is 1. The smallest absolute Gasteiger partial charge is 0.360 e. The number of carbonyl (C=O) groups excluding carboxylic acids is 2. The third-order valence-corrected chi connectivity index (χ3v) is 3.10. The quantitative estimate of drug-likeness (QED) is 0.226. The van der Waals surface area contributed by atoms with E-state index in [4.69, 9.17) is 14.7 Å². The van der Waals surface area contributed by atoms with Crippen molar-refractivity contribution < 1.29 is 29.1 Å². The fourth-order valence-corrected chi connectivity index (χ4v) is 2.13. The first-order valence-corrected chi connectivity index (χ1v) is 7.92. The maximum absolute atomic E-state index is 11.5. The van der Waals surface area contributed by atoms with E-state index in [2.05, 4.69) is 15.5 Å². The standard InChI is InChI=1S/C14H19N3O6S/c1-14(2,3)23-10(19)5-4-6-22-17-11(12(20)21)9-7-24-13(16-9)15-8-18/h7-8H,4-6H2,1-3H3,(H,20,21)(H,15,16,18)/b17-11+. The lowest BCUT2D eigenvalue weighted by molar-refractivity contribution is -0.155. The van der Waals surface area contributed by atoms with Crippen LogP contribution >= 0.6 is 11.3 Å². The maximum atomic E-state index is 11.5. The highest BCUT2D eigenvalue weighted by Crippen LogP contribution is 2.15. The van der Waals surface area contributed by atoms with Crippen LogP contribution < -0.4 is 5.32 Å². The topological polar surface area (TPSA) is 127 Å². The molecule has 0 unspecified atom stereocenters. The Morgan fingerprint density at radius 3 is 2.75 bits per heavy atom. The Labute approximate surface area is 142 Å². The van der Waals surface area contributed by atoms with E-state index < -0.39 is 11.6 Å². The van der Waals surface area contributed by atoms with Gasteiger partial charge < -0.3 is 20.0 Å². The van der Waals surface area contributed by atoms with Gasteiger partial charge in [0.15, 0.2) is 5.13 Å². The summed E-state index contributed by atoms with van der Waals surface area (Å²) >= 11 is 1.06. The molecule has 9 nitrogen and oxygen atoms in total. The second kappa shape index (κ2) is 8.96. The number of carboxylic acid groups (broad SMARTS) is 1. The normalized spacial score (nSPS) is 11.7. The van der Waals surface area contributed by atoms with Gasteiger partial charge in [-0.3, -0.25) is 9.59 Å². The van der Waals surface area contributed by atoms with E-state index in [0.29, 0.717) is 12.8 Å². The second-order valence-electron chi connectivity index (χ2n) is 5.57. The Balaban J connectivity index is 2.51. The van der Waals surface area contributed by atoms with Gasteiger partial charge in [0.1, 0.15) is 17.9 Å². The van der Waals surface area contributed by atoms with Gasteiger partial charge in [-0.15, -0.1) is 11.3 Å². The molecule has 1 heterocycles. The summed E-state index contributed by atoms with van der Waals surface area (Å²) in [6.45, 7) is 5.37. The lowest BCUT2D eigenvalue weighted by atomic mass is 10.2. The number of rotatable bonds is 9. The Morgan fingerprint density at radius 1 is 1.46 bits per heavy atom. The lowest BCUT2D eigenvalue weighted by Gasteiger charge is -2.19. The van der Waals surface area contributed by atoms with Crippen molar-refractivity contribution in [1.82, 2.24) is 4.98 Å². The molecule has 1 amide bonds. The molecule has 1 aromatic heterocycles. The number of nitrogens with one attached hydrogen (secondary N) is 1. The molecule has 0 fully saturated rings. The molecule has 0 aliphatic heterocycles. The monoisotopic (exact) mass is 357 g/mol. The summed E-state index contributed by atoms with van der Waals surface area (Å²) in [4.78, 5) is 41.8. The number of aromatic nitrogens is 1. The number of aliphatic carboxylic acids is 1. The Bertz CT molecular complexity index is 620. The van der Waals surface area contributed by atoms with Crippen LogP contribution in [-0.4, -0.2) is 46.4 Å². The average molecular weight is 357 g/mol. The highest BCUT2D eigenvalue weighted by molar-refractivity contribution is 7.14. The van der Waals surface area contributed by atoms with Crippen LogP contribution in [0, 0.1) is 0 Å². The Hall–Kier alpha value is -2.49. The summed E-state index contributed by atoms with van der Waals surface area (Å²) in [5, 5.41) is 16.7. The van der Waals surface area contributed by atoms with Crippen molar-refractivity contribution in [2.24, 2.45) is 5.16 Å². The molecule has 2 N–H and O–H groups in total. The van der Waals surface area contributed by atoms with E-state index in [0.717, 1.165) is 11.3 Å². The van der Waals surface area contributed by atoms with E-state index in [-0.39, 0.29) is 35.5 Å². The highest BCUT2D eigenvalue weighted by atomic mass is 32.1. The second-order valence-corrected chi connectivity index (χ2v) is 6.43. The summed E-state index contributed by atoms with van der Waals surface area (Å²) in [5.41, 5.74) is -0.865. The van der Waals surface area contributed by atoms with Crippen molar-refractivity contribution in [2.75, 3.05) is 11.9 Å². The number of thiazole rings is 1. The van der Waals surface area contributed by atoms with Gasteiger partial charge in [0.05, 0.1) is 0 Å². The Morgan fingerprint density at radius 2 is 2.17 bits per heavy atom. The van der Waals surface area contributed by atoms with E-state index in [1.54, 1.807) is 20.8 Å². The van der Waals surface area contributed by atoms with Crippen molar-refractivity contribution in [2.45, 2.75) is 39.2 Å². The zero-order valence-corrected chi connectivity index (χ0v) is 14.4. The number of carbonyl (C=O) groups is 3. The van der Waals surface area contributed by atoms with Gasteiger partial charge in [-0.05, 0) is 27.2 Å². The van der Waals surface area contributed by atoms with Gasteiger partial charge in [-0.1, -0.05) is 5.16 Å². The van der Waals surface area contributed by atoms with E-state index >= 15 is 0 Å². The fraction of sp³-hybridized carbons (Fsp3) is 0.500. The third-order valence-electron chi connectivity index (χ3n) is 2.32. The molecule has 0 atom stereocenters. The van der Waals surface area contributed by atoms with E-state index in [1.165, 1.54) is 5.38 Å².